The molecule has 0 bridgehead atoms. The molecule has 0 aliphatic carbocycles. The van der Waals surface area contributed by atoms with Crippen LogP contribution in [0.2, 0.25) is 5.02 Å². The number of fused-ring (bicyclic) bond motifs is 1. The maximum absolute atomic E-state index is 13.8. The van der Waals surface area contributed by atoms with Crippen molar-refractivity contribution in [2.45, 2.75) is 45.7 Å². The number of nitrogens with zero attached hydrogens (tertiary/aromatic N) is 2. The fraction of sp³-hybridized carbons (Fsp3) is 0.357. The largest absolute Gasteiger partial charge is 0.491 e. The smallest absolute Gasteiger partial charge is 0.254 e. The first kappa shape index (κ1) is 26.2. The zero-order valence-corrected chi connectivity index (χ0v) is 22.5. The van der Waals surface area contributed by atoms with Crippen molar-refractivity contribution in [2.75, 3.05) is 19.7 Å². The van der Waals surface area contributed by atoms with Crippen molar-refractivity contribution < 1.29 is 18.7 Å². The van der Waals surface area contributed by atoms with Crippen LogP contribution in [0.3, 0.4) is 0 Å². The van der Waals surface area contributed by atoms with E-state index in [9.17, 15) is 14.0 Å². The number of hydrogen-bond acceptors (Lipinski definition) is 4. The van der Waals surface area contributed by atoms with E-state index < -0.39 is 11.4 Å². The van der Waals surface area contributed by atoms with Gasteiger partial charge in [0.2, 0.25) is 5.91 Å². The zero-order chi connectivity index (χ0) is 26.0. The molecule has 3 aromatic rings. The SMILES string of the molecule is Cc1cc(OC[C@H]2c3ccsc3CCN2C(=O)CN(C(=O)c2cccc(F)c2)C(C)(C)C)ccc1Cl. The molecular formula is C28H30ClFN2O3S. The molecule has 0 unspecified atom stereocenters. The van der Waals surface area contributed by atoms with Crippen LogP contribution in [-0.2, 0) is 11.2 Å². The van der Waals surface area contributed by atoms with E-state index >= 15 is 0 Å². The van der Waals surface area contributed by atoms with E-state index in [0.717, 1.165) is 17.5 Å². The van der Waals surface area contributed by atoms with Crippen molar-refractivity contribution in [1.82, 2.24) is 9.80 Å². The van der Waals surface area contributed by atoms with E-state index in [1.165, 1.54) is 28.0 Å². The molecule has 2 amide bonds. The van der Waals surface area contributed by atoms with Crippen molar-refractivity contribution in [3.63, 3.8) is 0 Å². The Morgan fingerprint density at radius 1 is 1.19 bits per heavy atom. The van der Waals surface area contributed by atoms with E-state index in [0.29, 0.717) is 17.3 Å². The summed E-state index contributed by atoms with van der Waals surface area (Å²) in [5.74, 6) is -0.360. The van der Waals surface area contributed by atoms with Crippen LogP contribution in [0.5, 0.6) is 5.75 Å². The molecule has 0 saturated heterocycles. The third-order valence-electron chi connectivity index (χ3n) is 6.37. The van der Waals surface area contributed by atoms with Gasteiger partial charge in [0.05, 0.1) is 6.04 Å². The molecule has 190 valence electrons. The standard InChI is InChI=1S/C28H30ClFN2O3S/c1-18-14-21(8-9-23(18)29)35-17-24-22-11-13-36-25(22)10-12-31(24)26(33)16-32(28(2,3)4)27(34)19-6-5-7-20(30)15-19/h5-9,11,13-15,24H,10,12,16-17H2,1-4H3/t24-/m0/s1. The summed E-state index contributed by atoms with van der Waals surface area (Å²) in [5, 5.41) is 2.70. The lowest BCUT2D eigenvalue weighted by atomic mass is 9.99. The third-order valence-corrected chi connectivity index (χ3v) is 7.79. The summed E-state index contributed by atoms with van der Waals surface area (Å²) in [4.78, 5) is 31.6. The average Bonchev–Trinajstić information content (AvgIpc) is 3.31. The molecule has 0 saturated carbocycles. The minimum absolute atomic E-state index is 0.116. The number of hydrogen-bond donors (Lipinski definition) is 0. The van der Waals surface area contributed by atoms with Gasteiger partial charge >= 0.3 is 0 Å². The molecule has 2 aromatic carbocycles. The van der Waals surface area contributed by atoms with Crippen molar-refractivity contribution in [1.29, 1.82) is 0 Å². The van der Waals surface area contributed by atoms with Crippen LogP contribution >= 0.6 is 22.9 Å². The predicted molar refractivity (Wildman–Crippen MR) is 141 cm³/mol. The summed E-state index contributed by atoms with van der Waals surface area (Å²) in [5.41, 5.74) is 1.56. The number of halogens is 2. The Hall–Kier alpha value is -2.90. The van der Waals surface area contributed by atoms with Gasteiger partial charge in [-0.25, -0.2) is 4.39 Å². The van der Waals surface area contributed by atoms with Crippen LogP contribution in [0.15, 0.2) is 53.9 Å². The number of amides is 2. The number of benzene rings is 2. The molecule has 5 nitrogen and oxygen atoms in total. The number of carbonyl (C=O) groups excluding carboxylic acids is 2. The van der Waals surface area contributed by atoms with Gasteiger partial charge < -0.3 is 14.5 Å². The minimum atomic E-state index is -0.644. The van der Waals surface area contributed by atoms with Gasteiger partial charge in [0, 0.05) is 27.5 Å². The Balaban J connectivity index is 1.57. The molecule has 0 spiro atoms. The summed E-state index contributed by atoms with van der Waals surface area (Å²) in [7, 11) is 0. The van der Waals surface area contributed by atoms with Crippen LogP contribution in [-0.4, -0.2) is 46.8 Å². The molecule has 0 fully saturated rings. The van der Waals surface area contributed by atoms with Gasteiger partial charge in [-0.1, -0.05) is 17.7 Å². The number of carbonyl (C=O) groups is 2. The van der Waals surface area contributed by atoms with Crippen molar-refractivity contribution >= 4 is 34.8 Å². The molecule has 0 radical (unpaired) electrons. The number of ether oxygens (including phenoxy) is 1. The Labute approximate surface area is 220 Å². The summed E-state index contributed by atoms with van der Waals surface area (Å²) in [6.07, 6.45) is 0.753. The summed E-state index contributed by atoms with van der Waals surface area (Å²) in [6.45, 7) is 8.22. The Morgan fingerprint density at radius 2 is 1.97 bits per heavy atom. The van der Waals surface area contributed by atoms with E-state index in [2.05, 4.69) is 0 Å². The second-order valence-electron chi connectivity index (χ2n) is 9.95. The second kappa shape index (κ2) is 10.6. The summed E-state index contributed by atoms with van der Waals surface area (Å²) < 4.78 is 19.9. The van der Waals surface area contributed by atoms with E-state index in [4.69, 9.17) is 16.3 Å². The van der Waals surface area contributed by atoms with Gasteiger partial charge in [-0.2, -0.15) is 0 Å². The molecule has 1 atom stereocenters. The lowest BCUT2D eigenvalue weighted by molar-refractivity contribution is -0.136. The van der Waals surface area contributed by atoms with E-state index in [1.807, 2.05) is 51.3 Å². The molecule has 2 heterocycles. The topological polar surface area (TPSA) is 49.9 Å². The first-order chi connectivity index (χ1) is 17.0. The molecule has 8 heteroatoms. The molecular weight excluding hydrogens is 499 g/mol. The number of rotatable bonds is 6. The van der Waals surface area contributed by atoms with E-state index in [-0.39, 0.29) is 36.6 Å². The fourth-order valence-electron chi connectivity index (χ4n) is 4.37. The van der Waals surface area contributed by atoms with Crippen LogP contribution in [0.25, 0.3) is 0 Å². The van der Waals surface area contributed by atoms with Gasteiger partial charge in [0.15, 0.2) is 0 Å². The highest BCUT2D eigenvalue weighted by Gasteiger charge is 2.36. The third kappa shape index (κ3) is 5.73. The van der Waals surface area contributed by atoms with E-state index in [1.54, 1.807) is 28.4 Å². The Bertz CT molecular complexity index is 1270. The molecule has 1 aliphatic rings. The highest BCUT2D eigenvalue weighted by molar-refractivity contribution is 7.10. The maximum atomic E-state index is 13.8. The van der Waals surface area contributed by atoms with Crippen molar-refractivity contribution in [3.05, 3.63) is 86.3 Å². The average molecular weight is 529 g/mol. The Morgan fingerprint density at radius 3 is 2.67 bits per heavy atom. The maximum Gasteiger partial charge on any atom is 0.254 e. The molecule has 1 aromatic heterocycles. The van der Waals surface area contributed by atoms with Crippen LogP contribution in [0.1, 0.15) is 53.2 Å². The van der Waals surface area contributed by atoms with Crippen LogP contribution < -0.4 is 4.74 Å². The van der Waals surface area contributed by atoms with Gasteiger partial charge in [0.1, 0.15) is 24.7 Å². The normalized spacial score (nSPS) is 15.4. The van der Waals surface area contributed by atoms with Crippen LogP contribution in [0.4, 0.5) is 4.39 Å². The quantitative estimate of drug-likeness (QED) is 0.377. The molecule has 1 aliphatic heterocycles. The predicted octanol–water partition coefficient (Wildman–Crippen LogP) is 6.29. The first-order valence-electron chi connectivity index (χ1n) is 11.9. The van der Waals surface area contributed by atoms with Crippen molar-refractivity contribution in [3.8, 4) is 5.75 Å². The molecule has 0 N–H and O–H groups in total. The monoisotopic (exact) mass is 528 g/mol. The van der Waals surface area contributed by atoms with Gasteiger partial charge in [0.25, 0.3) is 5.91 Å². The summed E-state index contributed by atoms with van der Waals surface area (Å²) >= 11 is 7.83. The van der Waals surface area contributed by atoms with Crippen molar-refractivity contribution in [2.24, 2.45) is 0 Å². The van der Waals surface area contributed by atoms with Gasteiger partial charge in [-0.3, -0.25) is 9.59 Å². The minimum Gasteiger partial charge on any atom is -0.491 e. The van der Waals surface area contributed by atoms with Gasteiger partial charge in [-0.15, -0.1) is 11.3 Å². The lowest BCUT2D eigenvalue weighted by Crippen LogP contribution is -2.53. The molecule has 36 heavy (non-hydrogen) atoms. The fourth-order valence-corrected chi connectivity index (χ4v) is 5.42. The van der Waals surface area contributed by atoms with Crippen LogP contribution in [0, 0.1) is 12.7 Å². The van der Waals surface area contributed by atoms with Gasteiger partial charge in [-0.05, 0) is 93.1 Å². The number of aryl methyl sites for hydroxylation is 1. The first-order valence-corrected chi connectivity index (χ1v) is 13.1. The Kier molecular flexibility index (Phi) is 7.71. The second-order valence-corrected chi connectivity index (χ2v) is 11.4. The summed E-state index contributed by atoms with van der Waals surface area (Å²) in [6, 6.07) is 12.8. The zero-order valence-electron chi connectivity index (χ0n) is 20.9. The highest BCUT2D eigenvalue weighted by atomic mass is 35.5. The molecule has 4 rings (SSSR count). The lowest BCUT2D eigenvalue weighted by Gasteiger charge is -2.40. The number of thiophene rings is 1. The highest BCUT2D eigenvalue weighted by Crippen LogP contribution is 2.34.